The second-order valence-electron chi connectivity index (χ2n) is 20.8. The molecule has 11 aromatic rings. The largest absolute Gasteiger partial charge is 0.458 e. The van der Waals surface area contributed by atoms with Gasteiger partial charge in [0.25, 0.3) is 6.33 Å². The molecule has 11 rings (SSSR count). The van der Waals surface area contributed by atoms with Gasteiger partial charge in [0.05, 0.1) is 28.1 Å². The lowest BCUT2D eigenvalue weighted by molar-refractivity contribution is -0.611. The molecule has 8 aromatic carbocycles. The van der Waals surface area contributed by atoms with Gasteiger partial charge in [-0.05, 0) is 117 Å². The van der Waals surface area contributed by atoms with Crippen LogP contribution in [0.3, 0.4) is 0 Å². The molecule has 0 aliphatic carbocycles. The van der Waals surface area contributed by atoms with Crippen molar-refractivity contribution in [3.63, 3.8) is 0 Å². The van der Waals surface area contributed by atoms with Gasteiger partial charge in [0, 0.05) is 40.1 Å². The minimum atomic E-state index is -0.397. The average molecular weight is 923 g/mol. The Morgan fingerprint density at radius 1 is 0.451 bits per heavy atom. The molecule has 5 heteroatoms. The van der Waals surface area contributed by atoms with Crippen LogP contribution >= 0.6 is 0 Å². The van der Waals surface area contributed by atoms with Gasteiger partial charge in [0.1, 0.15) is 17.3 Å². The number of ether oxygens (including phenoxy) is 1. The molecule has 5 nitrogen and oxygen atoms in total. The zero-order valence-electron chi connectivity index (χ0n) is 41.6. The molecule has 0 fully saturated rings. The zero-order valence-corrected chi connectivity index (χ0v) is 41.6. The van der Waals surface area contributed by atoms with Crippen LogP contribution in [0.1, 0.15) is 76.4 Å². The van der Waals surface area contributed by atoms with E-state index < -0.39 is 5.41 Å². The second-order valence-corrected chi connectivity index (χ2v) is 20.8. The third-order valence-corrected chi connectivity index (χ3v) is 14.4. The van der Waals surface area contributed by atoms with Crippen LogP contribution in [0.15, 0.2) is 225 Å². The average Bonchev–Trinajstić information content (AvgIpc) is 4.00. The molecule has 71 heavy (non-hydrogen) atoms. The van der Waals surface area contributed by atoms with Gasteiger partial charge in [-0.25, -0.2) is 4.98 Å². The summed E-state index contributed by atoms with van der Waals surface area (Å²) in [5.41, 5.74) is 14.1. The molecule has 0 unspecified atom stereocenters. The maximum absolute atomic E-state index is 6.86. The highest BCUT2D eigenvalue weighted by atomic mass is 16.5. The summed E-state index contributed by atoms with van der Waals surface area (Å²) in [7, 11) is 0. The molecule has 3 aromatic heterocycles. The molecule has 0 N–H and O–H groups in total. The summed E-state index contributed by atoms with van der Waals surface area (Å²) < 4.78 is 13.5. The van der Waals surface area contributed by atoms with E-state index in [0.29, 0.717) is 0 Å². The van der Waals surface area contributed by atoms with Gasteiger partial charge >= 0.3 is 0 Å². The molecule has 0 aliphatic heterocycles. The van der Waals surface area contributed by atoms with Crippen LogP contribution in [-0.4, -0.2) is 14.1 Å². The maximum atomic E-state index is 6.86. The van der Waals surface area contributed by atoms with E-state index in [1.54, 1.807) is 0 Å². The van der Waals surface area contributed by atoms with Crippen LogP contribution in [0.2, 0.25) is 0 Å². The van der Waals surface area contributed by atoms with Crippen molar-refractivity contribution < 1.29 is 9.30 Å². The summed E-state index contributed by atoms with van der Waals surface area (Å²) in [5, 5.41) is 2.29. The Morgan fingerprint density at radius 2 is 1.08 bits per heavy atom. The fourth-order valence-electron chi connectivity index (χ4n) is 10.0. The van der Waals surface area contributed by atoms with E-state index in [-0.39, 0.29) is 10.8 Å². The van der Waals surface area contributed by atoms with Crippen LogP contribution in [0.4, 0.5) is 0 Å². The summed E-state index contributed by atoms with van der Waals surface area (Å²) in [6.07, 6.45) is 8.00. The highest BCUT2D eigenvalue weighted by molar-refractivity contribution is 6.10. The van der Waals surface area contributed by atoms with Crippen LogP contribution in [-0.2, 0) is 16.2 Å². The van der Waals surface area contributed by atoms with Crippen LogP contribution in [0.5, 0.6) is 11.5 Å². The Hall–Kier alpha value is -8.28. The molecular weight excluding hydrogens is 865 g/mol. The molecule has 0 bridgehead atoms. The molecule has 0 atom stereocenters. The summed E-state index contributed by atoms with van der Waals surface area (Å²) in [4.78, 5) is 4.97. The molecule has 0 saturated carbocycles. The molecule has 0 aliphatic rings. The minimum Gasteiger partial charge on any atom is -0.458 e. The van der Waals surface area contributed by atoms with Crippen molar-refractivity contribution >= 4 is 21.8 Å². The third-order valence-electron chi connectivity index (χ3n) is 14.4. The Labute approximate surface area is 418 Å². The number of imidazole rings is 1. The van der Waals surface area contributed by atoms with Gasteiger partial charge in [-0.2, -0.15) is 0 Å². The van der Waals surface area contributed by atoms with E-state index >= 15 is 0 Å². The number of fused-ring (bicyclic) bond motifs is 3. The van der Waals surface area contributed by atoms with Gasteiger partial charge < -0.3 is 4.74 Å². The van der Waals surface area contributed by atoms with Crippen LogP contribution in [0, 0.1) is 6.33 Å². The van der Waals surface area contributed by atoms with E-state index in [1.165, 1.54) is 38.9 Å². The Kier molecular flexibility index (Phi) is 11.4. The first-order valence-electron chi connectivity index (χ1n) is 24.6. The molecule has 0 amide bonds. The van der Waals surface area contributed by atoms with E-state index in [4.69, 9.17) is 9.72 Å². The lowest BCUT2D eigenvalue weighted by Crippen LogP contribution is -2.41. The highest BCUT2D eigenvalue weighted by Gasteiger charge is 2.31. The van der Waals surface area contributed by atoms with E-state index in [9.17, 15) is 0 Å². The van der Waals surface area contributed by atoms with Crippen LogP contribution < -0.4 is 9.30 Å². The molecule has 348 valence electrons. The number of pyridine rings is 1. The quantitative estimate of drug-likeness (QED) is 0.0957. The second kappa shape index (κ2) is 17.9. The minimum absolute atomic E-state index is 0.0425. The van der Waals surface area contributed by atoms with Crippen molar-refractivity contribution in [1.29, 1.82) is 0 Å². The first-order chi connectivity index (χ1) is 34.3. The Bertz CT molecular complexity index is 3690. The molecule has 0 spiro atoms. The van der Waals surface area contributed by atoms with Gasteiger partial charge in [-0.3, -0.25) is 13.7 Å². The number of rotatable bonds is 11. The number of nitrogens with zero attached hydrogens (tertiary/aromatic N) is 4. The lowest BCUT2D eigenvalue weighted by atomic mass is 9.77. The Balaban J connectivity index is 1.03. The monoisotopic (exact) mass is 922 g/mol. The summed E-state index contributed by atoms with van der Waals surface area (Å²) >= 11 is 0. The van der Waals surface area contributed by atoms with Crippen molar-refractivity contribution in [3.8, 4) is 50.9 Å². The van der Waals surface area contributed by atoms with Crippen molar-refractivity contribution in [2.45, 2.75) is 64.7 Å². The van der Waals surface area contributed by atoms with Gasteiger partial charge in [0.2, 0.25) is 0 Å². The topological polar surface area (TPSA) is 35.9 Å². The van der Waals surface area contributed by atoms with Gasteiger partial charge in [-0.1, -0.05) is 188 Å². The van der Waals surface area contributed by atoms with E-state index in [1.807, 2.05) is 12.3 Å². The fourth-order valence-corrected chi connectivity index (χ4v) is 10.0. The summed E-state index contributed by atoms with van der Waals surface area (Å²) in [6, 6.07) is 75.6. The number of aromatic nitrogens is 4. The fraction of sp³-hybridized carbons (Fsp3) is 0.152. The first-order valence-corrected chi connectivity index (χ1v) is 24.6. The maximum Gasteiger partial charge on any atom is 0.269 e. The van der Waals surface area contributed by atoms with E-state index in [2.05, 4.69) is 281 Å². The molecule has 0 radical (unpaired) electrons. The van der Waals surface area contributed by atoms with Crippen LogP contribution in [0.25, 0.3) is 61.3 Å². The Morgan fingerprint density at radius 3 is 1.76 bits per heavy atom. The molecule has 0 saturated heterocycles. The number of hydrogen-bond acceptors (Lipinski definition) is 2. The molecule has 3 heterocycles. The normalized spacial score (nSPS) is 12.2. The smallest absolute Gasteiger partial charge is 0.269 e. The zero-order chi connectivity index (χ0) is 48.9. The SMILES string of the molecule is CC(C)(C)c1ccnc(-n2c3ccc(-c4ccccc4)cc3c3ccc(Oc4cccc(-n5[c-][n+](-c6cc(-c7ccccc7)cc(C(C)(C)c7ccccc7)c6)c(C(C)(C)c6ccccc6)c5)c4)cc32)c1. The number of hydrogen-bond donors (Lipinski definition) is 0. The van der Waals surface area contributed by atoms with Crippen molar-refractivity contribution in [3.05, 3.63) is 259 Å². The predicted molar refractivity (Wildman–Crippen MR) is 291 cm³/mol. The number of benzene rings is 8. The standard InChI is InChI=1S/C66H58N4O/c1-64(2,3)52-35-36-67-63(41-52)70-60-34-31-48(46-21-12-8-13-22-46)39-59(60)58-33-32-57(43-61(58)70)71-56-30-20-29-54(42-56)68-44-62(66(6,7)51-27-18-11-19-28-51)69(45-68)55-38-49(47-23-14-9-15-24-47)37-53(40-55)65(4,5)50-25-16-10-17-26-50/h8-44H,1-7H3. The van der Waals surface area contributed by atoms with Crippen molar-refractivity contribution in [2.24, 2.45) is 0 Å². The van der Waals surface area contributed by atoms with Gasteiger partial charge in [-0.15, -0.1) is 0 Å². The first kappa shape index (κ1) is 45.2. The van der Waals surface area contributed by atoms with E-state index in [0.717, 1.165) is 61.8 Å². The highest BCUT2D eigenvalue weighted by Crippen LogP contribution is 2.40. The summed E-state index contributed by atoms with van der Waals surface area (Å²) in [5.74, 6) is 2.33. The van der Waals surface area contributed by atoms with Crippen molar-refractivity contribution in [2.75, 3.05) is 0 Å². The lowest BCUT2D eigenvalue weighted by Gasteiger charge is -2.29. The molecular formula is C66H58N4O. The van der Waals surface area contributed by atoms with Crippen molar-refractivity contribution in [1.82, 2.24) is 14.1 Å². The predicted octanol–water partition coefficient (Wildman–Crippen LogP) is 16.1. The van der Waals surface area contributed by atoms with Gasteiger partial charge in [0.15, 0.2) is 0 Å². The third kappa shape index (κ3) is 8.63. The summed E-state index contributed by atoms with van der Waals surface area (Å²) in [6.45, 7) is 16.0.